The number of carbonyl (C=O) groups is 3. The minimum atomic E-state index is -3.40. The Morgan fingerprint density at radius 3 is 2.60 bits per heavy atom. The lowest BCUT2D eigenvalue weighted by Crippen LogP contribution is -2.64. The number of aromatic nitrogens is 5. The van der Waals surface area contributed by atoms with Gasteiger partial charge in [0.05, 0.1) is 30.1 Å². The van der Waals surface area contributed by atoms with E-state index in [1.807, 2.05) is 0 Å². The predicted molar refractivity (Wildman–Crippen MR) is 161 cm³/mol. The van der Waals surface area contributed by atoms with Gasteiger partial charge in [0.2, 0.25) is 10.0 Å². The lowest BCUT2D eigenvalue weighted by molar-refractivity contribution is -0.139. The van der Waals surface area contributed by atoms with Crippen molar-refractivity contribution < 1.29 is 32.6 Å². The number of ether oxygens (including phenoxy) is 1. The topological polar surface area (TPSA) is 214 Å². The number of carboxylic acid groups (broad SMARTS) is 1. The number of alkyl carbamates (subject to hydrolysis) is 1. The minimum absolute atomic E-state index is 0.0377. The van der Waals surface area contributed by atoms with Crippen molar-refractivity contribution in [1.82, 2.24) is 39.3 Å². The van der Waals surface area contributed by atoms with Crippen LogP contribution in [0.5, 0.6) is 0 Å². The van der Waals surface area contributed by atoms with Gasteiger partial charge >= 0.3 is 18.1 Å². The first kappa shape index (κ1) is 33.3. The van der Waals surface area contributed by atoms with E-state index >= 15 is 0 Å². The number of nitrogens with one attached hydrogen (secondary N) is 2. The Morgan fingerprint density at radius 1 is 1.22 bits per heavy atom. The number of nitrogens with zero attached hydrogens (tertiary/aromatic N) is 7. The van der Waals surface area contributed by atoms with E-state index in [0.29, 0.717) is 36.0 Å². The third kappa shape index (κ3) is 7.57. The molecule has 16 nitrogen and oxygen atoms in total. The summed E-state index contributed by atoms with van der Waals surface area (Å²) in [7, 11) is -3.40. The SMILES string of the molecule is CCS(=O)(=O)N1CC(CC#N)(n2cc(-c3ncnc4c3ccn4C(=O)NC(CCCCNC(=O)OC(C)(C)C)C(=O)O)cn2)C1. The maximum atomic E-state index is 13.1. The van der Waals surface area contributed by atoms with Gasteiger partial charge in [-0.1, -0.05) is 0 Å². The van der Waals surface area contributed by atoms with Gasteiger partial charge in [0.1, 0.15) is 23.5 Å². The fraction of sp³-hybridized carbons (Fsp3) is 0.536. The number of carboxylic acids is 1. The maximum absolute atomic E-state index is 13.1. The summed E-state index contributed by atoms with van der Waals surface area (Å²) in [5, 5.41) is 29.2. The van der Waals surface area contributed by atoms with Crippen LogP contribution in [-0.4, -0.2) is 97.3 Å². The highest BCUT2D eigenvalue weighted by Gasteiger charge is 2.49. The summed E-state index contributed by atoms with van der Waals surface area (Å²) < 4.78 is 33.9. The standard InChI is InChI=1S/C28H37N9O7S/c1-5-45(42,43)35-16-28(17-35,10-11-29)37-15-19(14-33-37)22-20-9-13-36(23(20)32-18-31-22)25(40)34-21(24(38)39)8-6-7-12-30-26(41)44-27(2,3)4/h9,13-15,18,21H,5-8,10,12,16-17H2,1-4H3,(H,30,41)(H,34,40)(H,38,39). The summed E-state index contributed by atoms with van der Waals surface area (Å²) in [6.45, 7) is 7.36. The van der Waals surface area contributed by atoms with Gasteiger partial charge in [0, 0.05) is 43.0 Å². The number of unbranched alkanes of at least 4 members (excludes halogenated alkanes) is 1. The second-order valence-electron chi connectivity index (χ2n) is 11.8. The Morgan fingerprint density at radius 2 is 1.96 bits per heavy atom. The summed E-state index contributed by atoms with van der Waals surface area (Å²) in [5.41, 5.74) is -0.177. The molecule has 1 aliphatic heterocycles. The fourth-order valence-electron chi connectivity index (χ4n) is 4.98. The van der Waals surface area contributed by atoms with Gasteiger partial charge in [-0.2, -0.15) is 14.7 Å². The van der Waals surface area contributed by atoms with E-state index in [1.54, 1.807) is 50.8 Å². The lowest BCUT2D eigenvalue weighted by Gasteiger charge is -2.47. The number of fused-ring (bicyclic) bond motifs is 1. The number of aliphatic carboxylic acids is 1. The number of amides is 2. The molecule has 3 aromatic heterocycles. The zero-order valence-electron chi connectivity index (χ0n) is 25.6. The summed E-state index contributed by atoms with van der Waals surface area (Å²) in [6, 6.07) is 1.89. The molecule has 1 fully saturated rings. The van der Waals surface area contributed by atoms with Crippen molar-refractivity contribution in [3.8, 4) is 17.3 Å². The molecule has 0 radical (unpaired) electrons. The number of carbonyl (C=O) groups excluding carboxylic acids is 2. The van der Waals surface area contributed by atoms with Crippen molar-refractivity contribution in [2.75, 3.05) is 25.4 Å². The number of rotatable bonds is 12. The molecule has 1 atom stereocenters. The van der Waals surface area contributed by atoms with Crippen LogP contribution in [0.25, 0.3) is 22.3 Å². The number of nitriles is 1. The van der Waals surface area contributed by atoms with Gasteiger partial charge in [0.15, 0.2) is 5.65 Å². The number of hydrogen-bond acceptors (Lipinski definition) is 10. The normalized spacial score (nSPS) is 15.5. The van der Waals surface area contributed by atoms with Gasteiger partial charge in [-0.25, -0.2) is 32.8 Å². The van der Waals surface area contributed by atoms with Crippen LogP contribution in [0.15, 0.2) is 31.0 Å². The smallest absolute Gasteiger partial charge is 0.407 e. The molecule has 0 aromatic carbocycles. The highest BCUT2D eigenvalue weighted by atomic mass is 32.2. The van der Waals surface area contributed by atoms with Crippen LogP contribution < -0.4 is 10.6 Å². The predicted octanol–water partition coefficient (Wildman–Crippen LogP) is 2.27. The number of sulfonamides is 1. The highest BCUT2D eigenvalue weighted by molar-refractivity contribution is 7.89. The molecule has 2 amide bonds. The third-order valence-electron chi connectivity index (χ3n) is 7.33. The molecule has 0 spiro atoms. The third-order valence-corrected chi connectivity index (χ3v) is 9.11. The first-order chi connectivity index (χ1) is 21.2. The summed E-state index contributed by atoms with van der Waals surface area (Å²) in [4.78, 5) is 45.4. The minimum Gasteiger partial charge on any atom is -0.480 e. The van der Waals surface area contributed by atoms with Crippen LogP contribution in [0.1, 0.15) is 53.4 Å². The van der Waals surface area contributed by atoms with Crippen LogP contribution in [-0.2, 0) is 25.1 Å². The molecule has 1 aliphatic rings. The van der Waals surface area contributed by atoms with E-state index in [2.05, 4.69) is 31.8 Å². The Labute approximate surface area is 260 Å². The van der Waals surface area contributed by atoms with Crippen LogP contribution in [0.3, 0.4) is 0 Å². The average Bonchev–Trinajstić information content (AvgIpc) is 3.61. The molecular weight excluding hydrogens is 606 g/mol. The van der Waals surface area contributed by atoms with Gasteiger partial charge < -0.3 is 20.5 Å². The van der Waals surface area contributed by atoms with Crippen LogP contribution in [0, 0.1) is 11.3 Å². The summed E-state index contributed by atoms with van der Waals surface area (Å²) in [5.74, 6) is -1.24. The Balaban J connectivity index is 1.44. The van der Waals surface area contributed by atoms with Crippen LogP contribution >= 0.6 is 0 Å². The molecular formula is C28H37N9O7S. The van der Waals surface area contributed by atoms with E-state index in [1.165, 1.54) is 21.4 Å². The van der Waals surface area contributed by atoms with Gasteiger partial charge in [-0.05, 0) is 53.0 Å². The monoisotopic (exact) mass is 643 g/mol. The Bertz CT molecular complexity index is 1710. The zero-order chi connectivity index (χ0) is 33.0. The molecule has 0 saturated carbocycles. The van der Waals surface area contributed by atoms with Gasteiger partial charge in [0.25, 0.3) is 0 Å². The largest absolute Gasteiger partial charge is 0.480 e. The molecule has 0 bridgehead atoms. The summed E-state index contributed by atoms with van der Waals surface area (Å²) in [6.07, 6.45) is 6.51. The van der Waals surface area contributed by atoms with Crippen molar-refractivity contribution in [2.24, 2.45) is 0 Å². The van der Waals surface area contributed by atoms with E-state index in [0.717, 1.165) is 0 Å². The second kappa shape index (κ2) is 13.2. The first-order valence-electron chi connectivity index (χ1n) is 14.4. The molecule has 3 N–H and O–H groups in total. The Kier molecular flexibility index (Phi) is 9.78. The van der Waals surface area contributed by atoms with E-state index < -0.39 is 45.3 Å². The fourth-order valence-corrected chi connectivity index (χ4v) is 6.22. The second-order valence-corrected chi connectivity index (χ2v) is 14.1. The first-order valence-corrected chi connectivity index (χ1v) is 16.0. The maximum Gasteiger partial charge on any atom is 0.407 e. The van der Waals surface area contributed by atoms with Crippen LogP contribution in [0.4, 0.5) is 9.59 Å². The molecule has 3 aromatic rings. The molecule has 1 saturated heterocycles. The van der Waals surface area contributed by atoms with Crippen molar-refractivity contribution in [1.29, 1.82) is 5.26 Å². The van der Waals surface area contributed by atoms with E-state index in [-0.39, 0.29) is 37.3 Å². The van der Waals surface area contributed by atoms with Crippen molar-refractivity contribution in [3.05, 3.63) is 31.0 Å². The molecule has 4 rings (SSSR count). The lowest BCUT2D eigenvalue weighted by atomic mass is 9.89. The van der Waals surface area contributed by atoms with E-state index in [4.69, 9.17) is 4.74 Å². The van der Waals surface area contributed by atoms with Gasteiger partial charge in [-0.3, -0.25) is 9.25 Å². The Hall–Kier alpha value is -4.56. The molecule has 1 unspecified atom stereocenters. The molecule has 0 aliphatic carbocycles. The quantitative estimate of drug-likeness (QED) is 0.243. The zero-order valence-corrected chi connectivity index (χ0v) is 26.4. The molecule has 45 heavy (non-hydrogen) atoms. The molecule has 17 heteroatoms. The van der Waals surface area contributed by atoms with Crippen LogP contribution in [0.2, 0.25) is 0 Å². The summed E-state index contributed by atoms with van der Waals surface area (Å²) >= 11 is 0. The molecule has 242 valence electrons. The van der Waals surface area contributed by atoms with Gasteiger partial charge in [-0.15, -0.1) is 0 Å². The molecule has 4 heterocycles. The van der Waals surface area contributed by atoms with Crippen molar-refractivity contribution >= 4 is 39.2 Å². The average molecular weight is 644 g/mol. The highest BCUT2D eigenvalue weighted by Crippen LogP contribution is 2.36. The van der Waals surface area contributed by atoms with E-state index in [9.17, 15) is 33.2 Å². The van der Waals surface area contributed by atoms with Crippen molar-refractivity contribution in [3.63, 3.8) is 0 Å². The van der Waals surface area contributed by atoms with Crippen molar-refractivity contribution in [2.45, 2.75) is 70.6 Å². The number of hydrogen-bond donors (Lipinski definition) is 3.